The molecule has 0 spiro atoms. The van der Waals surface area contributed by atoms with Crippen molar-refractivity contribution < 1.29 is 4.79 Å². The number of hydrogen-bond donors (Lipinski definition) is 1. The molecule has 0 unspecified atom stereocenters. The highest BCUT2D eigenvalue weighted by molar-refractivity contribution is 6.07. The monoisotopic (exact) mass is 321 g/mol. The lowest BCUT2D eigenvalue weighted by atomic mass is 10.1. The Morgan fingerprint density at radius 3 is 2.62 bits per heavy atom. The van der Waals surface area contributed by atoms with E-state index in [0.29, 0.717) is 12.2 Å². The lowest BCUT2D eigenvalue weighted by Crippen LogP contribution is -2.25. The van der Waals surface area contributed by atoms with Gasteiger partial charge in [0.2, 0.25) is 0 Å². The quantitative estimate of drug-likeness (QED) is 0.781. The van der Waals surface area contributed by atoms with E-state index in [1.807, 2.05) is 55.3 Å². The standard InChI is InChI=1S/C18H19N5O/c1-3-23(2)17-15-9-5-4-8-14(15)16(21-22-17)18(24)20-12-13-7-6-10-19-11-13/h4-11H,3,12H2,1-2H3,(H,20,24). The second-order valence-electron chi connectivity index (χ2n) is 5.48. The third-order valence-corrected chi connectivity index (χ3v) is 3.89. The Hall–Kier alpha value is -3.02. The third-order valence-electron chi connectivity index (χ3n) is 3.89. The summed E-state index contributed by atoms with van der Waals surface area (Å²) >= 11 is 0. The number of aromatic nitrogens is 3. The molecule has 0 atom stereocenters. The van der Waals surface area contributed by atoms with Gasteiger partial charge in [-0.15, -0.1) is 10.2 Å². The van der Waals surface area contributed by atoms with Gasteiger partial charge in [0.1, 0.15) is 0 Å². The topological polar surface area (TPSA) is 71.0 Å². The first-order chi connectivity index (χ1) is 11.7. The Bertz CT molecular complexity index is 850. The lowest BCUT2D eigenvalue weighted by molar-refractivity contribution is 0.0947. The van der Waals surface area contributed by atoms with Crippen LogP contribution in [-0.2, 0) is 6.54 Å². The molecule has 6 heteroatoms. The molecule has 6 nitrogen and oxygen atoms in total. The van der Waals surface area contributed by atoms with Gasteiger partial charge in [0.05, 0.1) is 0 Å². The van der Waals surface area contributed by atoms with Gasteiger partial charge in [-0.2, -0.15) is 0 Å². The molecule has 0 fully saturated rings. The smallest absolute Gasteiger partial charge is 0.272 e. The molecule has 1 aromatic carbocycles. The fourth-order valence-corrected chi connectivity index (χ4v) is 2.46. The maximum Gasteiger partial charge on any atom is 0.272 e. The summed E-state index contributed by atoms with van der Waals surface area (Å²) in [6.45, 7) is 3.26. The number of hydrogen-bond acceptors (Lipinski definition) is 5. The summed E-state index contributed by atoms with van der Waals surface area (Å²) in [5, 5.41) is 13.0. The van der Waals surface area contributed by atoms with Crippen LogP contribution in [-0.4, -0.2) is 34.7 Å². The summed E-state index contributed by atoms with van der Waals surface area (Å²) in [6.07, 6.45) is 3.43. The maximum absolute atomic E-state index is 12.5. The largest absolute Gasteiger partial charge is 0.358 e. The second kappa shape index (κ2) is 7.04. The Balaban J connectivity index is 1.91. The highest BCUT2D eigenvalue weighted by Crippen LogP contribution is 2.25. The highest BCUT2D eigenvalue weighted by Gasteiger charge is 2.16. The average Bonchev–Trinajstić information content (AvgIpc) is 2.65. The van der Waals surface area contributed by atoms with E-state index in [4.69, 9.17) is 0 Å². The number of benzene rings is 1. The zero-order chi connectivity index (χ0) is 16.9. The zero-order valence-electron chi connectivity index (χ0n) is 13.7. The number of carbonyl (C=O) groups is 1. The summed E-state index contributed by atoms with van der Waals surface area (Å²) < 4.78 is 0. The second-order valence-corrected chi connectivity index (χ2v) is 5.48. The van der Waals surface area contributed by atoms with Crippen LogP contribution in [0.5, 0.6) is 0 Å². The van der Waals surface area contributed by atoms with Crippen molar-refractivity contribution in [3.05, 3.63) is 60.0 Å². The number of fused-ring (bicyclic) bond motifs is 1. The molecule has 3 rings (SSSR count). The van der Waals surface area contributed by atoms with E-state index in [1.54, 1.807) is 12.4 Å². The van der Waals surface area contributed by atoms with Crippen molar-refractivity contribution >= 4 is 22.5 Å². The summed E-state index contributed by atoms with van der Waals surface area (Å²) in [5.41, 5.74) is 1.27. The van der Waals surface area contributed by atoms with E-state index in [9.17, 15) is 4.79 Å². The van der Waals surface area contributed by atoms with Crippen LogP contribution >= 0.6 is 0 Å². The van der Waals surface area contributed by atoms with Crippen LogP contribution in [0, 0.1) is 0 Å². The molecular weight excluding hydrogens is 302 g/mol. The van der Waals surface area contributed by atoms with Crippen LogP contribution in [0.4, 0.5) is 5.82 Å². The molecule has 0 bridgehead atoms. The molecule has 2 aromatic heterocycles. The minimum absolute atomic E-state index is 0.242. The Morgan fingerprint density at radius 1 is 1.12 bits per heavy atom. The van der Waals surface area contributed by atoms with Gasteiger partial charge < -0.3 is 10.2 Å². The minimum atomic E-state index is -0.242. The predicted molar refractivity (Wildman–Crippen MR) is 93.9 cm³/mol. The van der Waals surface area contributed by atoms with E-state index in [2.05, 4.69) is 20.5 Å². The number of carbonyl (C=O) groups excluding carboxylic acids is 1. The van der Waals surface area contributed by atoms with Gasteiger partial charge in [-0.1, -0.05) is 30.3 Å². The maximum atomic E-state index is 12.5. The van der Waals surface area contributed by atoms with Crippen molar-refractivity contribution in [2.24, 2.45) is 0 Å². The number of nitrogens with one attached hydrogen (secondary N) is 1. The number of anilines is 1. The first kappa shape index (κ1) is 15.9. The lowest BCUT2D eigenvalue weighted by Gasteiger charge is -2.17. The first-order valence-corrected chi connectivity index (χ1v) is 7.84. The van der Waals surface area contributed by atoms with E-state index in [-0.39, 0.29) is 5.91 Å². The van der Waals surface area contributed by atoms with Crippen molar-refractivity contribution in [1.29, 1.82) is 0 Å². The molecule has 0 aliphatic rings. The summed E-state index contributed by atoms with van der Waals surface area (Å²) in [5.74, 6) is 0.533. The molecule has 3 aromatic rings. The molecular formula is C18H19N5O. The first-order valence-electron chi connectivity index (χ1n) is 7.84. The SMILES string of the molecule is CCN(C)c1nnc(C(=O)NCc2cccnc2)c2ccccc12. The van der Waals surface area contributed by atoms with Crippen LogP contribution in [0.2, 0.25) is 0 Å². The number of pyridine rings is 1. The van der Waals surface area contributed by atoms with Crippen LogP contribution in [0.15, 0.2) is 48.8 Å². The molecule has 0 aliphatic carbocycles. The summed E-state index contributed by atoms with van der Waals surface area (Å²) in [7, 11) is 1.96. The molecule has 1 N–H and O–H groups in total. The van der Waals surface area contributed by atoms with Crippen LogP contribution in [0.1, 0.15) is 23.0 Å². The predicted octanol–water partition coefficient (Wildman–Crippen LogP) is 2.41. The fraction of sp³-hybridized carbons (Fsp3) is 0.222. The molecule has 122 valence electrons. The Kier molecular flexibility index (Phi) is 4.65. The van der Waals surface area contributed by atoms with Crippen molar-refractivity contribution in [2.75, 3.05) is 18.5 Å². The van der Waals surface area contributed by atoms with Gasteiger partial charge in [0, 0.05) is 43.3 Å². The van der Waals surface area contributed by atoms with Crippen molar-refractivity contribution in [3.8, 4) is 0 Å². The van der Waals surface area contributed by atoms with Gasteiger partial charge in [-0.05, 0) is 18.6 Å². The number of rotatable bonds is 5. The minimum Gasteiger partial charge on any atom is -0.358 e. The van der Waals surface area contributed by atoms with Gasteiger partial charge in [-0.25, -0.2) is 0 Å². The molecule has 0 radical (unpaired) electrons. The van der Waals surface area contributed by atoms with Gasteiger partial charge in [0.15, 0.2) is 11.5 Å². The van der Waals surface area contributed by atoms with Gasteiger partial charge in [0.25, 0.3) is 5.91 Å². The molecule has 2 heterocycles. The van der Waals surface area contributed by atoms with Crippen LogP contribution in [0.25, 0.3) is 10.8 Å². The fourth-order valence-electron chi connectivity index (χ4n) is 2.46. The van der Waals surface area contributed by atoms with Gasteiger partial charge in [-0.3, -0.25) is 9.78 Å². The highest BCUT2D eigenvalue weighted by atomic mass is 16.1. The van der Waals surface area contributed by atoms with Gasteiger partial charge >= 0.3 is 0 Å². The van der Waals surface area contributed by atoms with E-state index < -0.39 is 0 Å². The van der Waals surface area contributed by atoms with E-state index in [1.165, 1.54) is 0 Å². The Labute approximate surface area is 140 Å². The summed E-state index contributed by atoms with van der Waals surface area (Å²) in [4.78, 5) is 18.6. The van der Waals surface area contributed by atoms with Crippen LogP contribution in [0.3, 0.4) is 0 Å². The average molecular weight is 321 g/mol. The molecule has 24 heavy (non-hydrogen) atoms. The molecule has 1 amide bonds. The van der Waals surface area contributed by atoms with Crippen molar-refractivity contribution in [1.82, 2.24) is 20.5 Å². The third kappa shape index (κ3) is 3.17. The normalized spacial score (nSPS) is 10.6. The van der Waals surface area contributed by atoms with Crippen molar-refractivity contribution in [2.45, 2.75) is 13.5 Å². The number of amides is 1. The number of nitrogens with zero attached hydrogens (tertiary/aromatic N) is 4. The van der Waals surface area contributed by atoms with E-state index in [0.717, 1.165) is 28.7 Å². The zero-order valence-corrected chi connectivity index (χ0v) is 13.7. The van der Waals surface area contributed by atoms with E-state index >= 15 is 0 Å². The van der Waals surface area contributed by atoms with Crippen LogP contribution < -0.4 is 10.2 Å². The molecule has 0 saturated heterocycles. The summed E-state index contributed by atoms with van der Waals surface area (Å²) in [6, 6.07) is 11.5. The molecule has 0 aliphatic heterocycles. The Morgan fingerprint density at radius 2 is 1.92 bits per heavy atom. The molecule has 0 saturated carbocycles. The van der Waals surface area contributed by atoms with Crippen molar-refractivity contribution in [3.63, 3.8) is 0 Å².